The van der Waals surface area contributed by atoms with Crippen molar-refractivity contribution in [1.29, 1.82) is 0 Å². The number of nitrogens with zero attached hydrogens (tertiary/aromatic N) is 4. The van der Waals surface area contributed by atoms with Crippen LogP contribution in [0.15, 0.2) is 0 Å². The number of rotatable bonds is 4. The first kappa shape index (κ1) is 14.2. The molecule has 9 heteroatoms. The van der Waals surface area contributed by atoms with Crippen LogP contribution < -0.4 is 16.8 Å². The number of aryl methyl sites for hydroxylation is 1. The van der Waals surface area contributed by atoms with Crippen molar-refractivity contribution in [3.8, 4) is 0 Å². The normalized spacial score (nSPS) is 13.6. The Morgan fingerprint density at radius 2 is 1.95 bits per heavy atom. The Balaban J connectivity index is 1.68. The van der Waals surface area contributed by atoms with Crippen molar-refractivity contribution in [3.63, 3.8) is 0 Å². The van der Waals surface area contributed by atoms with Crippen molar-refractivity contribution in [3.05, 3.63) is 22.8 Å². The van der Waals surface area contributed by atoms with E-state index in [9.17, 15) is 4.79 Å². The molecule has 0 saturated heterocycles. The zero-order valence-electron chi connectivity index (χ0n) is 12.1. The standard InChI is InChI=1S/C13H18N8O/c14-12-17-8-4-2-1-3-7(8)10(19-12)11(22)16-6-5-9-18-13(15)21-20-9/h1-6H2,(H,16,22)(H2,14,17,19)(H3,15,18,20,21). The first-order valence-electron chi connectivity index (χ1n) is 7.23. The van der Waals surface area contributed by atoms with E-state index in [1.165, 1.54) is 0 Å². The average molecular weight is 302 g/mol. The van der Waals surface area contributed by atoms with Gasteiger partial charge in [-0.05, 0) is 25.7 Å². The first-order valence-corrected chi connectivity index (χ1v) is 7.23. The molecule has 9 nitrogen and oxygen atoms in total. The molecule has 2 aromatic heterocycles. The fourth-order valence-corrected chi connectivity index (χ4v) is 2.60. The van der Waals surface area contributed by atoms with Crippen LogP contribution in [0, 0.1) is 0 Å². The smallest absolute Gasteiger partial charge is 0.270 e. The zero-order chi connectivity index (χ0) is 15.5. The maximum Gasteiger partial charge on any atom is 0.270 e. The largest absolute Gasteiger partial charge is 0.368 e. The molecule has 1 aliphatic carbocycles. The zero-order valence-corrected chi connectivity index (χ0v) is 12.1. The summed E-state index contributed by atoms with van der Waals surface area (Å²) in [5, 5.41) is 9.25. The average Bonchev–Trinajstić information content (AvgIpc) is 2.91. The molecule has 0 unspecified atom stereocenters. The number of carbonyl (C=O) groups is 1. The summed E-state index contributed by atoms with van der Waals surface area (Å²) >= 11 is 0. The first-order chi connectivity index (χ1) is 10.6. The van der Waals surface area contributed by atoms with Crippen molar-refractivity contribution in [1.82, 2.24) is 30.5 Å². The Morgan fingerprint density at radius 3 is 2.73 bits per heavy atom. The molecule has 1 amide bonds. The molecule has 6 N–H and O–H groups in total. The second-order valence-electron chi connectivity index (χ2n) is 5.21. The maximum absolute atomic E-state index is 12.3. The Bertz CT molecular complexity index is 695. The highest BCUT2D eigenvalue weighted by Crippen LogP contribution is 2.22. The third kappa shape index (κ3) is 2.97. The highest BCUT2D eigenvalue weighted by Gasteiger charge is 2.21. The van der Waals surface area contributed by atoms with Crippen LogP contribution in [0.2, 0.25) is 0 Å². The summed E-state index contributed by atoms with van der Waals surface area (Å²) in [7, 11) is 0. The molecule has 0 atom stereocenters. The van der Waals surface area contributed by atoms with Gasteiger partial charge in [-0.2, -0.15) is 4.98 Å². The topological polar surface area (TPSA) is 148 Å². The number of nitrogens with one attached hydrogen (secondary N) is 2. The number of aromatic amines is 1. The quantitative estimate of drug-likeness (QED) is 0.601. The molecule has 116 valence electrons. The number of carbonyl (C=O) groups excluding carboxylic acids is 1. The van der Waals surface area contributed by atoms with Crippen LogP contribution in [-0.4, -0.2) is 37.6 Å². The summed E-state index contributed by atoms with van der Waals surface area (Å²) in [6, 6.07) is 0. The Kier molecular flexibility index (Phi) is 3.86. The lowest BCUT2D eigenvalue weighted by atomic mass is 9.94. The fourth-order valence-electron chi connectivity index (χ4n) is 2.60. The summed E-state index contributed by atoms with van der Waals surface area (Å²) in [4.78, 5) is 24.7. The molecule has 3 rings (SSSR count). The van der Waals surface area contributed by atoms with Gasteiger partial charge in [-0.15, -0.1) is 5.10 Å². The minimum absolute atomic E-state index is 0.147. The fraction of sp³-hybridized carbons (Fsp3) is 0.462. The van der Waals surface area contributed by atoms with Crippen molar-refractivity contribution in [2.75, 3.05) is 18.0 Å². The maximum atomic E-state index is 12.3. The van der Waals surface area contributed by atoms with Gasteiger partial charge < -0.3 is 16.8 Å². The van der Waals surface area contributed by atoms with E-state index in [4.69, 9.17) is 11.5 Å². The number of amides is 1. The molecule has 1 aliphatic rings. The molecular weight excluding hydrogens is 284 g/mol. The van der Waals surface area contributed by atoms with Crippen LogP contribution >= 0.6 is 0 Å². The lowest BCUT2D eigenvalue weighted by molar-refractivity contribution is 0.0947. The number of anilines is 2. The third-order valence-corrected chi connectivity index (χ3v) is 3.61. The van der Waals surface area contributed by atoms with E-state index in [1.807, 2.05) is 0 Å². The predicted octanol–water partition coefficient (Wildman–Crippen LogP) is -0.390. The van der Waals surface area contributed by atoms with Gasteiger partial charge in [0.2, 0.25) is 11.9 Å². The molecule has 22 heavy (non-hydrogen) atoms. The molecule has 0 saturated carbocycles. The highest BCUT2D eigenvalue weighted by molar-refractivity contribution is 5.94. The van der Waals surface area contributed by atoms with Crippen LogP contribution in [0.25, 0.3) is 0 Å². The molecular formula is C13H18N8O. The number of aromatic nitrogens is 5. The number of H-pyrrole nitrogens is 1. The number of fused-ring (bicyclic) bond motifs is 1. The van der Waals surface area contributed by atoms with Crippen LogP contribution in [-0.2, 0) is 19.3 Å². The van der Waals surface area contributed by atoms with Gasteiger partial charge in [0.25, 0.3) is 5.91 Å². The van der Waals surface area contributed by atoms with Crippen LogP contribution in [0.5, 0.6) is 0 Å². The van der Waals surface area contributed by atoms with Crippen LogP contribution in [0.3, 0.4) is 0 Å². The summed E-state index contributed by atoms with van der Waals surface area (Å²) < 4.78 is 0. The second-order valence-corrected chi connectivity index (χ2v) is 5.21. The molecule has 0 aromatic carbocycles. The predicted molar refractivity (Wildman–Crippen MR) is 79.9 cm³/mol. The minimum Gasteiger partial charge on any atom is -0.368 e. The van der Waals surface area contributed by atoms with Crippen molar-refractivity contribution in [2.45, 2.75) is 32.1 Å². The second kappa shape index (κ2) is 5.96. The summed E-state index contributed by atoms with van der Waals surface area (Å²) in [6.45, 7) is 0.409. The molecule has 0 spiro atoms. The molecule has 0 radical (unpaired) electrons. The van der Waals surface area contributed by atoms with E-state index < -0.39 is 0 Å². The van der Waals surface area contributed by atoms with Gasteiger partial charge in [-0.25, -0.2) is 9.97 Å². The van der Waals surface area contributed by atoms with E-state index in [1.54, 1.807) is 0 Å². The van der Waals surface area contributed by atoms with Crippen LogP contribution in [0.1, 0.15) is 40.4 Å². The Morgan fingerprint density at radius 1 is 1.14 bits per heavy atom. The molecule has 2 heterocycles. The van der Waals surface area contributed by atoms with Crippen molar-refractivity contribution < 1.29 is 4.79 Å². The van der Waals surface area contributed by atoms with Gasteiger partial charge in [0.05, 0.1) is 0 Å². The monoisotopic (exact) mass is 302 g/mol. The summed E-state index contributed by atoms with van der Waals surface area (Å²) in [5.41, 5.74) is 13.3. The molecule has 0 bridgehead atoms. The van der Waals surface area contributed by atoms with Crippen molar-refractivity contribution >= 4 is 17.8 Å². The van der Waals surface area contributed by atoms with Gasteiger partial charge in [-0.1, -0.05) is 0 Å². The summed E-state index contributed by atoms with van der Waals surface area (Å²) in [5.74, 6) is 0.731. The lowest BCUT2D eigenvalue weighted by Crippen LogP contribution is -2.29. The molecule has 0 aliphatic heterocycles. The van der Waals surface area contributed by atoms with Gasteiger partial charge in [-0.3, -0.25) is 9.89 Å². The minimum atomic E-state index is -0.236. The number of nitrogens with two attached hydrogens (primary N) is 2. The van der Waals surface area contributed by atoms with Gasteiger partial charge in [0.15, 0.2) is 0 Å². The highest BCUT2D eigenvalue weighted by atomic mass is 16.1. The molecule has 2 aromatic rings. The van der Waals surface area contributed by atoms with Crippen LogP contribution in [0.4, 0.5) is 11.9 Å². The van der Waals surface area contributed by atoms with E-state index in [0.29, 0.717) is 24.5 Å². The SMILES string of the molecule is Nc1n[nH]c(CCNC(=O)c2nc(N)nc3c2CCCC3)n1. The van der Waals surface area contributed by atoms with Crippen molar-refractivity contribution in [2.24, 2.45) is 0 Å². The lowest BCUT2D eigenvalue weighted by Gasteiger charge is -2.17. The van der Waals surface area contributed by atoms with Gasteiger partial charge in [0, 0.05) is 24.2 Å². The van der Waals surface area contributed by atoms with E-state index in [2.05, 4.69) is 30.5 Å². The van der Waals surface area contributed by atoms with Gasteiger partial charge >= 0.3 is 0 Å². The summed E-state index contributed by atoms with van der Waals surface area (Å²) in [6.07, 6.45) is 4.28. The Labute approximate surface area is 126 Å². The number of hydrogen-bond donors (Lipinski definition) is 4. The van der Waals surface area contributed by atoms with E-state index in [-0.39, 0.29) is 17.8 Å². The Hall–Kier alpha value is -2.71. The van der Waals surface area contributed by atoms with Gasteiger partial charge in [0.1, 0.15) is 11.5 Å². The molecule has 0 fully saturated rings. The number of hydrogen-bond acceptors (Lipinski definition) is 7. The van der Waals surface area contributed by atoms with E-state index >= 15 is 0 Å². The van der Waals surface area contributed by atoms with E-state index in [0.717, 1.165) is 36.9 Å². The number of nitrogen functional groups attached to an aromatic ring is 2. The third-order valence-electron chi connectivity index (χ3n) is 3.61.